The van der Waals surface area contributed by atoms with Gasteiger partial charge in [0.1, 0.15) is 0 Å². The van der Waals surface area contributed by atoms with Crippen LogP contribution in [0.15, 0.2) is 61.3 Å². The summed E-state index contributed by atoms with van der Waals surface area (Å²) in [7, 11) is 0. The van der Waals surface area contributed by atoms with Crippen LogP contribution in [0.2, 0.25) is 0 Å². The maximum Gasteiger partial charge on any atom is 0.225 e. The third kappa shape index (κ3) is 3.28. The Balaban J connectivity index is 1.53. The van der Waals surface area contributed by atoms with Crippen molar-refractivity contribution in [3.05, 3.63) is 72.6 Å². The number of hydrogen-bond acceptors (Lipinski definition) is 5. The van der Waals surface area contributed by atoms with Gasteiger partial charge in [-0.05, 0) is 29.8 Å². The molecule has 1 aliphatic heterocycles. The Bertz CT molecular complexity index is 774. The Labute approximate surface area is 140 Å². The molecule has 0 bridgehead atoms. The fourth-order valence-electron chi connectivity index (χ4n) is 2.96. The van der Waals surface area contributed by atoms with Gasteiger partial charge in [0.15, 0.2) is 0 Å². The quantitative estimate of drug-likeness (QED) is 0.738. The van der Waals surface area contributed by atoms with Crippen LogP contribution in [0.25, 0.3) is 0 Å². The van der Waals surface area contributed by atoms with E-state index in [1.165, 1.54) is 5.69 Å². The lowest BCUT2D eigenvalue weighted by Gasteiger charge is -2.24. The van der Waals surface area contributed by atoms with E-state index in [1.807, 2.05) is 24.4 Å². The summed E-state index contributed by atoms with van der Waals surface area (Å²) in [4.78, 5) is 15.1. The highest BCUT2D eigenvalue weighted by Crippen LogP contribution is 2.19. The Morgan fingerprint density at radius 2 is 1.96 bits per heavy atom. The molecule has 6 nitrogen and oxygen atoms in total. The summed E-state index contributed by atoms with van der Waals surface area (Å²) < 4.78 is 8.42. The average Bonchev–Trinajstić information content (AvgIpc) is 2.99. The molecule has 0 spiro atoms. The van der Waals surface area contributed by atoms with Gasteiger partial charge in [-0.25, -0.2) is 9.97 Å². The predicted octanol–water partition coefficient (Wildman–Crippen LogP) is 2.28. The van der Waals surface area contributed by atoms with Gasteiger partial charge in [-0.1, -0.05) is 6.07 Å². The number of pyridine rings is 1. The van der Waals surface area contributed by atoms with Crippen LogP contribution >= 0.6 is 0 Å². The molecule has 4 heterocycles. The van der Waals surface area contributed by atoms with Crippen molar-refractivity contribution in [2.45, 2.75) is 25.8 Å². The van der Waals surface area contributed by atoms with Crippen molar-refractivity contribution >= 4 is 5.95 Å². The SMILES string of the molecule is c1cnc(N2Cc3cccn3CC(OCc3cccnc3)C2)nc1. The molecule has 0 aliphatic carbocycles. The van der Waals surface area contributed by atoms with Crippen molar-refractivity contribution in [1.29, 1.82) is 0 Å². The van der Waals surface area contributed by atoms with E-state index >= 15 is 0 Å². The topological polar surface area (TPSA) is 56.1 Å². The van der Waals surface area contributed by atoms with Crippen LogP contribution in [0.3, 0.4) is 0 Å². The molecule has 0 aromatic carbocycles. The fourth-order valence-corrected chi connectivity index (χ4v) is 2.96. The van der Waals surface area contributed by atoms with E-state index in [1.54, 1.807) is 18.6 Å². The molecule has 4 rings (SSSR count). The Kier molecular flexibility index (Phi) is 4.20. The molecule has 0 amide bonds. The summed E-state index contributed by atoms with van der Waals surface area (Å²) in [6.45, 7) is 2.92. The standard InChI is InChI=1S/C18H19N5O/c1-4-15(10-19-6-1)14-24-17-12-22-9-2-5-16(22)11-23(13-17)18-20-7-3-8-21-18/h1-10,17H,11-14H2. The van der Waals surface area contributed by atoms with E-state index in [0.29, 0.717) is 6.61 Å². The minimum absolute atomic E-state index is 0.0580. The Morgan fingerprint density at radius 1 is 1.04 bits per heavy atom. The van der Waals surface area contributed by atoms with Crippen LogP contribution in [-0.2, 0) is 24.4 Å². The normalized spacial score (nSPS) is 17.3. The monoisotopic (exact) mass is 321 g/mol. The number of anilines is 1. The highest BCUT2D eigenvalue weighted by atomic mass is 16.5. The van der Waals surface area contributed by atoms with Crippen LogP contribution < -0.4 is 4.90 Å². The largest absolute Gasteiger partial charge is 0.370 e. The van der Waals surface area contributed by atoms with Gasteiger partial charge in [0.2, 0.25) is 5.95 Å². The summed E-state index contributed by atoms with van der Waals surface area (Å²) >= 11 is 0. The minimum Gasteiger partial charge on any atom is -0.370 e. The van der Waals surface area contributed by atoms with Crippen molar-refractivity contribution in [2.24, 2.45) is 0 Å². The second-order valence-electron chi connectivity index (χ2n) is 5.88. The maximum atomic E-state index is 6.17. The zero-order valence-electron chi connectivity index (χ0n) is 13.3. The molecule has 1 aliphatic rings. The lowest BCUT2D eigenvalue weighted by Crippen LogP contribution is -2.33. The van der Waals surface area contributed by atoms with E-state index in [2.05, 4.69) is 42.7 Å². The van der Waals surface area contributed by atoms with Crippen LogP contribution in [0.4, 0.5) is 5.95 Å². The van der Waals surface area contributed by atoms with Crippen molar-refractivity contribution in [2.75, 3.05) is 11.4 Å². The van der Waals surface area contributed by atoms with Crippen LogP contribution in [0.5, 0.6) is 0 Å². The average molecular weight is 321 g/mol. The van der Waals surface area contributed by atoms with Gasteiger partial charge >= 0.3 is 0 Å². The molecule has 0 radical (unpaired) electrons. The van der Waals surface area contributed by atoms with Crippen LogP contribution in [-0.4, -0.2) is 32.2 Å². The summed E-state index contributed by atoms with van der Waals surface area (Å²) in [6, 6.07) is 10.0. The molecule has 1 unspecified atom stereocenters. The summed E-state index contributed by atoms with van der Waals surface area (Å²) in [5.41, 5.74) is 2.33. The van der Waals surface area contributed by atoms with Gasteiger partial charge < -0.3 is 14.2 Å². The van der Waals surface area contributed by atoms with Gasteiger partial charge in [-0.3, -0.25) is 4.98 Å². The first kappa shape index (κ1) is 14.8. The molecular formula is C18H19N5O. The van der Waals surface area contributed by atoms with Crippen molar-refractivity contribution < 1.29 is 4.74 Å². The molecule has 6 heteroatoms. The third-order valence-electron chi connectivity index (χ3n) is 4.14. The van der Waals surface area contributed by atoms with E-state index in [4.69, 9.17) is 4.74 Å². The molecular weight excluding hydrogens is 302 g/mol. The zero-order valence-corrected chi connectivity index (χ0v) is 13.3. The van der Waals surface area contributed by atoms with E-state index in [9.17, 15) is 0 Å². The first-order chi connectivity index (χ1) is 11.9. The molecule has 122 valence electrons. The van der Waals surface area contributed by atoms with E-state index in [-0.39, 0.29) is 6.10 Å². The van der Waals surface area contributed by atoms with Gasteiger partial charge in [-0.2, -0.15) is 0 Å². The first-order valence-electron chi connectivity index (χ1n) is 8.05. The Morgan fingerprint density at radius 3 is 2.79 bits per heavy atom. The number of fused-ring (bicyclic) bond motifs is 1. The molecule has 24 heavy (non-hydrogen) atoms. The molecule has 3 aromatic heterocycles. The number of aromatic nitrogens is 4. The summed E-state index contributed by atoms with van der Waals surface area (Å²) in [6.07, 6.45) is 9.33. The third-order valence-corrected chi connectivity index (χ3v) is 4.14. The molecule has 0 N–H and O–H groups in total. The smallest absolute Gasteiger partial charge is 0.225 e. The zero-order chi connectivity index (χ0) is 16.2. The van der Waals surface area contributed by atoms with Gasteiger partial charge in [0, 0.05) is 43.2 Å². The molecule has 3 aromatic rings. The maximum absolute atomic E-state index is 6.17. The lowest BCUT2D eigenvalue weighted by molar-refractivity contribution is 0.0358. The first-order valence-corrected chi connectivity index (χ1v) is 8.05. The second-order valence-corrected chi connectivity index (χ2v) is 5.88. The van der Waals surface area contributed by atoms with Crippen LogP contribution in [0.1, 0.15) is 11.3 Å². The molecule has 0 saturated carbocycles. The highest BCUT2D eigenvalue weighted by molar-refractivity contribution is 5.31. The second kappa shape index (κ2) is 6.80. The number of hydrogen-bond donors (Lipinski definition) is 0. The highest BCUT2D eigenvalue weighted by Gasteiger charge is 2.23. The summed E-state index contributed by atoms with van der Waals surface area (Å²) in [5.74, 6) is 0.738. The number of nitrogens with zero attached hydrogens (tertiary/aromatic N) is 5. The van der Waals surface area contributed by atoms with E-state index < -0.39 is 0 Å². The minimum atomic E-state index is 0.0580. The molecule has 0 fully saturated rings. The molecule has 0 saturated heterocycles. The number of ether oxygens (including phenoxy) is 1. The van der Waals surface area contributed by atoms with E-state index in [0.717, 1.165) is 31.1 Å². The van der Waals surface area contributed by atoms with Crippen molar-refractivity contribution in [3.63, 3.8) is 0 Å². The van der Waals surface area contributed by atoms with Crippen LogP contribution in [0, 0.1) is 0 Å². The summed E-state index contributed by atoms with van der Waals surface area (Å²) in [5, 5.41) is 0. The van der Waals surface area contributed by atoms with Gasteiger partial charge in [-0.15, -0.1) is 0 Å². The predicted molar refractivity (Wildman–Crippen MR) is 90.3 cm³/mol. The fraction of sp³-hybridized carbons (Fsp3) is 0.278. The van der Waals surface area contributed by atoms with Crippen molar-refractivity contribution in [3.8, 4) is 0 Å². The lowest BCUT2D eigenvalue weighted by atomic mass is 10.3. The van der Waals surface area contributed by atoms with Crippen molar-refractivity contribution in [1.82, 2.24) is 19.5 Å². The van der Waals surface area contributed by atoms with Gasteiger partial charge in [0.25, 0.3) is 0 Å². The van der Waals surface area contributed by atoms with Gasteiger partial charge in [0.05, 0.1) is 25.8 Å². The molecule has 1 atom stereocenters. The number of rotatable bonds is 4. The Hall–Kier alpha value is -2.73.